The molecule has 5 heteroatoms. The first-order valence-corrected chi connectivity index (χ1v) is 9.24. The molecule has 2 amide bonds. The lowest BCUT2D eigenvalue weighted by atomic mass is 10.0. The number of hydrogen-bond donors (Lipinski definition) is 1. The molecular formula is C20H21BrN2O2. The molecule has 1 fully saturated rings. The number of aryl methyl sites for hydroxylation is 2. The minimum absolute atomic E-state index is 0.00501. The first-order valence-electron chi connectivity index (χ1n) is 8.45. The van der Waals surface area contributed by atoms with E-state index in [0.29, 0.717) is 6.54 Å². The molecule has 0 spiro atoms. The van der Waals surface area contributed by atoms with E-state index >= 15 is 0 Å². The lowest BCUT2D eigenvalue weighted by Gasteiger charge is -2.18. The summed E-state index contributed by atoms with van der Waals surface area (Å²) in [7, 11) is 0. The summed E-state index contributed by atoms with van der Waals surface area (Å²) in [6.07, 6.45) is 1.08. The third-order valence-electron chi connectivity index (χ3n) is 4.57. The SMILES string of the molecule is CCc1cc(Br)cc(C)c1NC(=O)[C@H]1CC(=O)N(c2ccccc2)C1. The molecule has 0 aromatic heterocycles. The van der Waals surface area contributed by atoms with Crippen LogP contribution in [-0.4, -0.2) is 18.4 Å². The van der Waals surface area contributed by atoms with Gasteiger partial charge in [0.2, 0.25) is 11.8 Å². The Hall–Kier alpha value is -2.14. The van der Waals surface area contributed by atoms with Crippen LogP contribution in [0.2, 0.25) is 0 Å². The van der Waals surface area contributed by atoms with Crippen molar-refractivity contribution in [2.75, 3.05) is 16.8 Å². The van der Waals surface area contributed by atoms with E-state index in [4.69, 9.17) is 0 Å². The van der Waals surface area contributed by atoms with Gasteiger partial charge in [0.15, 0.2) is 0 Å². The smallest absolute Gasteiger partial charge is 0.229 e. The van der Waals surface area contributed by atoms with Gasteiger partial charge in [0.05, 0.1) is 5.92 Å². The number of halogens is 1. The molecule has 130 valence electrons. The summed E-state index contributed by atoms with van der Waals surface area (Å²) >= 11 is 3.50. The third kappa shape index (κ3) is 3.76. The number of para-hydroxylation sites is 1. The second kappa shape index (κ2) is 7.40. The van der Waals surface area contributed by atoms with Crippen molar-refractivity contribution in [1.82, 2.24) is 0 Å². The van der Waals surface area contributed by atoms with Crippen LogP contribution in [0.5, 0.6) is 0 Å². The first-order chi connectivity index (χ1) is 12.0. The van der Waals surface area contributed by atoms with E-state index in [-0.39, 0.29) is 24.2 Å². The highest BCUT2D eigenvalue weighted by Gasteiger charge is 2.35. The van der Waals surface area contributed by atoms with E-state index in [0.717, 1.165) is 33.4 Å². The molecule has 1 atom stereocenters. The van der Waals surface area contributed by atoms with Crippen molar-refractivity contribution in [3.8, 4) is 0 Å². The molecular weight excluding hydrogens is 380 g/mol. The number of nitrogens with zero attached hydrogens (tertiary/aromatic N) is 1. The van der Waals surface area contributed by atoms with Gasteiger partial charge in [0.1, 0.15) is 0 Å². The van der Waals surface area contributed by atoms with Crippen LogP contribution in [0.15, 0.2) is 46.9 Å². The number of benzene rings is 2. The van der Waals surface area contributed by atoms with E-state index in [1.165, 1.54) is 0 Å². The fraction of sp³-hybridized carbons (Fsp3) is 0.300. The zero-order valence-corrected chi connectivity index (χ0v) is 16.0. The van der Waals surface area contributed by atoms with Crippen LogP contribution in [0.1, 0.15) is 24.5 Å². The summed E-state index contributed by atoms with van der Waals surface area (Å²) in [4.78, 5) is 26.8. The molecule has 0 unspecified atom stereocenters. The Morgan fingerprint density at radius 2 is 2.00 bits per heavy atom. The Morgan fingerprint density at radius 3 is 2.68 bits per heavy atom. The summed E-state index contributed by atoms with van der Waals surface area (Å²) in [5.74, 6) is -0.429. The topological polar surface area (TPSA) is 49.4 Å². The van der Waals surface area contributed by atoms with E-state index in [2.05, 4.69) is 28.2 Å². The van der Waals surface area contributed by atoms with Crippen molar-refractivity contribution in [3.05, 3.63) is 58.1 Å². The Kier molecular flexibility index (Phi) is 5.23. The van der Waals surface area contributed by atoms with E-state index in [1.807, 2.05) is 49.4 Å². The Balaban J connectivity index is 1.76. The molecule has 25 heavy (non-hydrogen) atoms. The van der Waals surface area contributed by atoms with Gasteiger partial charge in [-0.15, -0.1) is 0 Å². The highest BCUT2D eigenvalue weighted by molar-refractivity contribution is 9.10. The van der Waals surface area contributed by atoms with Crippen molar-refractivity contribution in [3.63, 3.8) is 0 Å². The molecule has 3 rings (SSSR count). The quantitative estimate of drug-likeness (QED) is 0.830. The van der Waals surface area contributed by atoms with Crippen LogP contribution < -0.4 is 10.2 Å². The van der Waals surface area contributed by atoms with Crippen LogP contribution in [0.25, 0.3) is 0 Å². The summed E-state index contributed by atoms with van der Waals surface area (Å²) in [6, 6.07) is 13.5. The molecule has 1 aliphatic rings. The zero-order valence-electron chi connectivity index (χ0n) is 14.4. The van der Waals surface area contributed by atoms with Crippen LogP contribution in [-0.2, 0) is 16.0 Å². The van der Waals surface area contributed by atoms with E-state index in [1.54, 1.807) is 4.90 Å². The number of rotatable bonds is 4. The molecule has 0 aliphatic carbocycles. The van der Waals surface area contributed by atoms with Gasteiger partial charge < -0.3 is 10.2 Å². The number of carbonyl (C=O) groups excluding carboxylic acids is 2. The van der Waals surface area contributed by atoms with E-state index in [9.17, 15) is 9.59 Å². The monoisotopic (exact) mass is 400 g/mol. The zero-order chi connectivity index (χ0) is 18.0. The Bertz CT molecular complexity index is 805. The molecule has 2 aromatic rings. The number of carbonyl (C=O) groups is 2. The maximum atomic E-state index is 12.7. The van der Waals surface area contributed by atoms with Gasteiger partial charge in [-0.25, -0.2) is 0 Å². The summed E-state index contributed by atoms with van der Waals surface area (Å²) in [5.41, 5.74) is 3.81. The fourth-order valence-corrected chi connectivity index (χ4v) is 3.86. The predicted octanol–water partition coefficient (Wildman–Crippen LogP) is 4.31. The largest absolute Gasteiger partial charge is 0.325 e. The van der Waals surface area contributed by atoms with Gasteiger partial charge in [0.25, 0.3) is 0 Å². The lowest BCUT2D eigenvalue weighted by molar-refractivity contribution is -0.122. The van der Waals surface area contributed by atoms with Crippen molar-refractivity contribution in [1.29, 1.82) is 0 Å². The predicted molar refractivity (Wildman–Crippen MR) is 104 cm³/mol. The molecule has 0 radical (unpaired) electrons. The van der Waals surface area contributed by atoms with Gasteiger partial charge in [-0.2, -0.15) is 0 Å². The molecule has 1 saturated heterocycles. The minimum Gasteiger partial charge on any atom is -0.325 e. The second-order valence-electron chi connectivity index (χ2n) is 6.34. The molecule has 0 bridgehead atoms. The fourth-order valence-electron chi connectivity index (χ4n) is 3.24. The molecule has 4 nitrogen and oxygen atoms in total. The average Bonchev–Trinajstić information content (AvgIpc) is 2.99. The Labute approximate surface area is 156 Å². The highest BCUT2D eigenvalue weighted by Crippen LogP contribution is 2.29. The number of amides is 2. The maximum Gasteiger partial charge on any atom is 0.229 e. The molecule has 1 aliphatic heterocycles. The van der Waals surface area contributed by atoms with E-state index < -0.39 is 0 Å². The normalized spacial score (nSPS) is 17.0. The maximum absolute atomic E-state index is 12.7. The van der Waals surface area contributed by atoms with Crippen LogP contribution in [0.4, 0.5) is 11.4 Å². The van der Waals surface area contributed by atoms with Gasteiger partial charge in [-0.1, -0.05) is 41.1 Å². The Morgan fingerprint density at radius 1 is 1.28 bits per heavy atom. The average molecular weight is 401 g/mol. The van der Waals surface area contributed by atoms with Crippen molar-refractivity contribution >= 4 is 39.1 Å². The third-order valence-corrected chi connectivity index (χ3v) is 5.03. The molecule has 0 saturated carbocycles. The van der Waals surface area contributed by atoms with Crippen molar-refractivity contribution < 1.29 is 9.59 Å². The second-order valence-corrected chi connectivity index (χ2v) is 7.26. The number of anilines is 2. The van der Waals surface area contributed by atoms with Gasteiger partial charge >= 0.3 is 0 Å². The molecule has 1 heterocycles. The van der Waals surface area contributed by atoms with Crippen molar-refractivity contribution in [2.24, 2.45) is 5.92 Å². The van der Waals surface area contributed by atoms with Crippen molar-refractivity contribution in [2.45, 2.75) is 26.7 Å². The van der Waals surface area contributed by atoms with Gasteiger partial charge in [-0.3, -0.25) is 9.59 Å². The first kappa shape index (κ1) is 17.7. The van der Waals surface area contributed by atoms with Gasteiger partial charge in [-0.05, 0) is 48.7 Å². The standard InChI is InChI=1S/C20H21BrN2O2/c1-3-14-10-16(21)9-13(2)19(14)22-20(25)15-11-18(24)23(12-15)17-7-5-4-6-8-17/h4-10,15H,3,11-12H2,1-2H3,(H,22,25)/t15-/m0/s1. The number of hydrogen-bond acceptors (Lipinski definition) is 2. The summed E-state index contributed by atoms with van der Waals surface area (Å²) in [5, 5.41) is 3.05. The minimum atomic E-state index is -0.333. The molecule has 2 aromatic carbocycles. The van der Waals surface area contributed by atoms with Crippen LogP contribution in [0, 0.1) is 12.8 Å². The van der Waals surface area contributed by atoms with Crippen LogP contribution in [0.3, 0.4) is 0 Å². The molecule has 1 N–H and O–H groups in total. The summed E-state index contributed by atoms with van der Waals surface area (Å²) < 4.78 is 1.01. The lowest BCUT2D eigenvalue weighted by Crippen LogP contribution is -2.28. The number of nitrogens with one attached hydrogen (secondary N) is 1. The summed E-state index contributed by atoms with van der Waals surface area (Å²) in [6.45, 7) is 4.47. The highest BCUT2D eigenvalue weighted by atomic mass is 79.9. The van der Waals surface area contributed by atoms with Crippen LogP contribution >= 0.6 is 15.9 Å². The van der Waals surface area contributed by atoms with Gasteiger partial charge in [0, 0.05) is 28.8 Å².